The summed E-state index contributed by atoms with van der Waals surface area (Å²) in [7, 11) is -7.03. The van der Waals surface area contributed by atoms with Crippen LogP contribution in [0.1, 0.15) is 26.2 Å². The third kappa shape index (κ3) is 4.72. The van der Waals surface area contributed by atoms with Crippen molar-refractivity contribution in [2.24, 2.45) is 0 Å². The Hall–Kier alpha value is -1.03. The molecule has 1 heterocycles. The van der Waals surface area contributed by atoms with Gasteiger partial charge in [-0.05, 0) is 37.5 Å². The normalized spacial score (nSPS) is 17.9. The van der Waals surface area contributed by atoms with Gasteiger partial charge in [0.1, 0.15) is 0 Å². The van der Waals surface area contributed by atoms with E-state index in [1.54, 1.807) is 0 Å². The Morgan fingerprint density at radius 2 is 2.04 bits per heavy atom. The first kappa shape index (κ1) is 18.3. The van der Waals surface area contributed by atoms with Crippen LogP contribution in [0.2, 0.25) is 5.02 Å². The molecule has 1 aliphatic rings. The number of hydrogen-bond acceptors (Lipinski definition) is 4. The van der Waals surface area contributed by atoms with Crippen molar-refractivity contribution in [3.05, 3.63) is 23.2 Å². The molecule has 1 aliphatic heterocycles. The van der Waals surface area contributed by atoms with Gasteiger partial charge in [0.05, 0.1) is 22.2 Å². The molecule has 1 aromatic carbocycles. The standard InChI is InChI=1S/C13H20ClN3O4S2/c1-2-7-15-23(20,21)16-11-5-6-13(12(14)10-11)17-8-3-4-9-22(17,18)19/h5-6,10,15-16H,2-4,7-9H2,1H3. The highest BCUT2D eigenvalue weighted by Crippen LogP contribution is 2.32. The van der Waals surface area contributed by atoms with E-state index in [0.29, 0.717) is 31.6 Å². The van der Waals surface area contributed by atoms with E-state index < -0.39 is 20.2 Å². The molecule has 0 spiro atoms. The third-order valence-electron chi connectivity index (χ3n) is 3.36. The van der Waals surface area contributed by atoms with Gasteiger partial charge in [0.2, 0.25) is 10.0 Å². The lowest BCUT2D eigenvalue weighted by Gasteiger charge is -2.29. The van der Waals surface area contributed by atoms with E-state index in [0.717, 1.165) is 6.42 Å². The van der Waals surface area contributed by atoms with Crippen LogP contribution >= 0.6 is 11.6 Å². The van der Waals surface area contributed by atoms with Crippen molar-refractivity contribution in [3.63, 3.8) is 0 Å². The second-order valence-electron chi connectivity index (χ2n) is 5.26. The van der Waals surface area contributed by atoms with E-state index in [-0.39, 0.29) is 16.5 Å². The summed E-state index contributed by atoms with van der Waals surface area (Å²) in [5.74, 6) is 0.0959. The molecule has 0 radical (unpaired) electrons. The SMILES string of the molecule is CCCNS(=O)(=O)Nc1ccc(N2CCCCS2(=O)=O)c(Cl)c1. The van der Waals surface area contributed by atoms with Crippen LogP contribution in [-0.2, 0) is 20.2 Å². The van der Waals surface area contributed by atoms with Gasteiger partial charge in [-0.15, -0.1) is 0 Å². The number of anilines is 2. The number of nitrogens with one attached hydrogen (secondary N) is 2. The van der Waals surface area contributed by atoms with Crippen LogP contribution < -0.4 is 13.7 Å². The first-order chi connectivity index (χ1) is 10.7. The first-order valence-corrected chi connectivity index (χ1v) is 10.8. The summed E-state index contributed by atoms with van der Waals surface area (Å²) in [5, 5.41) is 0.186. The first-order valence-electron chi connectivity index (χ1n) is 7.32. The van der Waals surface area contributed by atoms with Gasteiger partial charge in [-0.1, -0.05) is 18.5 Å². The zero-order valence-corrected chi connectivity index (χ0v) is 15.1. The molecule has 1 saturated heterocycles. The molecular weight excluding hydrogens is 362 g/mol. The summed E-state index contributed by atoms with van der Waals surface area (Å²) < 4.78 is 53.8. The lowest BCUT2D eigenvalue weighted by molar-refractivity contribution is 0.574. The van der Waals surface area contributed by atoms with E-state index in [1.807, 2.05) is 6.92 Å². The third-order valence-corrected chi connectivity index (χ3v) is 6.61. The number of halogens is 1. The average molecular weight is 382 g/mol. The van der Waals surface area contributed by atoms with E-state index in [1.165, 1.54) is 22.5 Å². The predicted octanol–water partition coefficient (Wildman–Crippen LogP) is 1.93. The molecule has 2 rings (SSSR count). The minimum atomic E-state index is -3.66. The minimum Gasteiger partial charge on any atom is -0.271 e. The van der Waals surface area contributed by atoms with Gasteiger partial charge in [-0.3, -0.25) is 9.03 Å². The van der Waals surface area contributed by atoms with Crippen LogP contribution in [0.3, 0.4) is 0 Å². The minimum absolute atomic E-state index is 0.0959. The Labute approximate surface area is 142 Å². The van der Waals surface area contributed by atoms with E-state index >= 15 is 0 Å². The summed E-state index contributed by atoms with van der Waals surface area (Å²) in [6.45, 7) is 2.56. The van der Waals surface area contributed by atoms with Crippen LogP contribution in [-0.4, -0.2) is 35.7 Å². The van der Waals surface area contributed by atoms with Crippen LogP contribution in [0.4, 0.5) is 11.4 Å². The summed E-state index contributed by atoms with van der Waals surface area (Å²) in [4.78, 5) is 0. The highest BCUT2D eigenvalue weighted by atomic mass is 35.5. The fourth-order valence-corrected chi connectivity index (χ4v) is 5.23. The van der Waals surface area contributed by atoms with Gasteiger partial charge in [-0.25, -0.2) is 8.42 Å². The van der Waals surface area contributed by atoms with Gasteiger partial charge < -0.3 is 0 Å². The summed E-state index contributed by atoms with van der Waals surface area (Å²) in [5.41, 5.74) is 0.646. The van der Waals surface area contributed by atoms with Crippen molar-refractivity contribution < 1.29 is 16.8 Å². The molecule has 0 atom stereocenters. The largest absolute Gasteiger partial charge is 0.299 e. The van der Waals surface area contributed by atoms with Gasteiger partial charge in [0.25, 0.3) is 10.2 Å². The molecule has 10 heteroatoms. The molecule has 23 heavy (non-hydrogen) atoms. The number of rotatable bonds is 6. The molecule has 130 valence electrons. The van der Waals surface area contributed by atoms with Gasteiger partial charge >= 0.3 is 0 Å². The number of hydrogen-bond donors (Lipinski definition) is 2. The molecule has 0 aliphatic carbocycles. The van der Waals surface area contributed by atoms with E-state index in [9.17, 15) is 16.8 Å². The fraction of sp³-hybridized carbons (Fsp3) is 0.538. The zero-order valence-electron chi connectivity index (χ0n) is 12.7. The van der Waals surface area contributed by atoms with Crippen molar-refractivity contribution in [2.45, 2.75) is 26.2 Å². The lowest BCUT2D eigenvalue weighted by Crippen LogP contribution is -2.38. The monoisotopic (exact) mass is 381 g/mol. The van der Waals surface area contributed by atoms with Gasteiger partial charge in [0, 0.05) is 13.1 Å². The maximum absolute atomic E-state index is 12.1. The summed E-state index contributed by atoms with van der Waals surface area (Å²) in [6, 6.07) is 4.42. The predicted molar refractivity (Wildman–Crippen MR) is 92.7 cm³/mol. The Balaban J connectivity index is 2.21. The van der Waals surface area contributed by atoms with Crippen molar-refractivity contribution >= 4 is 43.2 Å². The van der Waals surface area contributed by atoms with Crippen molar-refractivity contribution in [2.75, 3.05) is 27.9 Å². The summed E-state index contributed by atoms with van der Waals surface area (Å²) >= 11 is 6.16. The van der Waals surface area contributed by atoms with Crippen molar-refractivity contribution in [1.29, 1.82) is 0 Å². The highest BCUT2D eigenvalue weighted by molar-refractivity contribution is 7.92. The van der Waals surface area contributed by atoms with E-state index in [4.69, 9.17) is 11.6 Å². The second kappa shape index (κ2) is 7.25. The molecule has 2 N–H and O–H groups in total. The van der Waals surface area contributed by atoms with Crippen LogP contribution in [0.25, 0.3) is 0 Å². The average Bonchev–Trinajstić information content (AvgIpc) is 2.45. The Kier molecular flexibility index (Phi) is 5.77. The lowest BCUT2D eigenvalue weighted by atomic mass is 10.2. The molecule has 7 nitrogen and oxygen atoms in total. The number of benzene rings is 1. The van der Waals surface area contributed by atoms with Crippen molar-refractivity contribution in [1.82, 2.24) is 4.72 Å². The molecule has 0 bridgehead atoms. The van der Waals surface area contributed by atoms with Crippen LogP contribution in [0.5, 0.6) is 0 Å². The smallest absolute Gasteiger partial charge is 0.271 e. The van der Waals surface area contributed by atoms with E-state index in [2.05, 4.69) is 9.44 Å². The number of sulfonamides is 1. The quantitative estimate of drug-likeness (QED) is 0.786. The Bertz CT molecular complexity index is 765. The van der Waals surface area contributed by atoms with Crippen LogP contribution in [0, 0.1) is 0 Å². The molecule has 0 aromatic heterocycles. The molecule has 0 amide bonds. The molecule has 0 saturated carbocycles. The second-order valence-corrected chi connectivity index (χ2v) is 9.18. The maximum atomic E-state index is 12.1. The Morgan fingerprint density at radius 1 is 1.30 bits per heavy atom. The molecule has 1 fully saturated rings. The van der Waals surface area contributed by atoms with Gasteiger partial charge in [-0.2, -0.15) is 13.1 Å². The zero-order chi connectivity index (χ0) is 17.1. The van der Waals surface area contributed by atoms with Crippen LogP contribution in [0.15, 0.2) is 18.2 Å². The maximum Gasteiger partial charge on any atom is 0.299 e. The summed E-state index contributed by atoms with van der Waals surface area (Å²) in [6.07, 6.45) is 2.08. The molecule has 0 unspecified atom stereocenters. The fourth-order valence-electron chi connectivity index (χ4n) is 2.26. The van der Waals surface area contributed by atoms with Gasteiger partial charge in [0.15, 0.2) is 0 Å². The molecular formula is C13H20ClN3O4S2. The topological polar surface area (TPSA) is 95.6 Å². The van der Waals surface area contributed by atoms with Crippen molar-refractivity contribution in [3.8, 4) is 0 Å². The highest BCUT2D eigenvalue weighted by Gasteiger charge is 2.27. The Morgan fingerprint density at radius 3 is 2.65 bits per heavy atom. The number of nitrogens with zero attached hydrogens (tertiary/aromatic N) is 1. The molecule has 1 aromatic rings.